The predicted octanol–water partition coefficient (Wildman–Crippen LogP) is 3.86. The lowest BCUT2D eigenvalue weighted by Gasteiger charge is -2.04. The number of hydrogen-bond donors (Lipinski definition) is 1. The molecule has 1 N–H and O–H groups in total. The van der Waals surface area contributed by atoms with E-state index in [9.17, 15) is 5.11 Å². The van der Waals surface area contributed by atoms with Gasteiger partial charge in [0.2, 0.25) is 0 Å². The summed E-state index contributed by atoms with van der Waals surface area (Å²) < 4.78 is 3.26. The van der Waals surface area contributed by atoms with Crippen molar-refractivity contribution in [1.82, 2.24) is 4.57 Å². The van der Waals surface area contributed by atoms with Gasteiger partial charge >= 0.3 is 0 Å². The topological polar surface area (TPSA) is 25.2 Å². The predicted molar refractivity (Wildman–Crippen MR) is 79.0 cm³/mol. The summed E-state index contributed by atoms with van der Waals surface area (Å²) in [6.07, 6.45) is 0. The SMILES string of the molecule is Cc1ccc2c(c1)c1cc(Br)ccc1n2CCO. The fourth-order valence-electron chi connectivity index (χ4n) is 2.53. The summed E-state index contributed by atoms with van der Waals surface area (Å²) in [6, 6.07) is 12.7. The Balaban J connectivity index is 2.48. The highest BCUT2D eigenvalue weighted by atomic mass is 79.9. The molecule has 1 aromatic heterocycles. The van der Waals surface area contributed by atoms with E-state index in [2.05, 4.69) is 57.8 Å². The van der Waals surface area contributed by atoms with Crippen molar-refractivity contribution in [2.24, 2.45) is 0 Å². The Bertz CT molecular complexity index is 671. The van der Waals surface area contributed by atoms with E-state index >= 15 is 0 Å². The number of aliphatic hydroxyl groups is 1. The summed E-state index contributed by atoms with van der Waals surface area (Å²) >= 11 is 3.53. The smallest absolute Gasteiger partial charge is 0.0610 e. The third-order valence-electron chi connectivity index (χ3n) is 3.31. The van der Waals surface area contributed by atoms with E-state index < -0.39 is 0 Å². The van der Waals surface area contributed by atoms with Gasteiger partial charge in [-0.2, -0.15) is 0 Å². The summed E-state index contributed by atoms with van der Waals surface area (Å²) in [6.45, 7) is 2.89. The summed E-state index contributed by atoms with van der Waals surface area (Å²) in [7, 11) is 0. The Morgan fingerprint density at radius 1 is 1.06 bits per heavy atom. The van der Waals surface area contributed by atoms with Crippen LogP contribution in [-0.4, -0.2) is 16.3 Å². The molecule has 0 fully saturated rings. The average Bonchev–Trinajstić information content (AvgIpc) is 2.64. The number of rotatable bonds is 2. The number of aromatic nitrogens is 1. The minimum Gasteiger partial charge on any atom is -0.395 e. The Morgan fingerprint density at radius 2 is 1.72 bits per heavy atom. The first-order chi connectivity index (χ1) is 8.70. The van der Waals surface area contributed by atoms with Crippen LogP contribution < -0.4 is 0 Å². The summed E-state index contributed by atoms with van der Waals surface area (Å²) in [5.41, 5.74) is 3.61. The molecule has 92 valence electrons. The second-order valence-electron chi connectivity index (χ2n) is 4.56. The quantitative estimate of drug-likeness (QED) is 0.764. The molecule has 0 spiro atoms. The number of fused-ring (bicyclic) bond motifs is 3. The number of benzene rings is 2. The van der Waals surface area contributed by atoms with E-state index in [0.717, 1.165) is 4.47 Å². The van der Waals surface area contributed by atoms with Crippen LogP contribution in [0.25, 0.3) is 21.8 Å². The van der Waals surface area contributed by atoms with Gasteiger partial charge in [0.1, 0.15) is 0 Å². The van der Waals surface area contributed by atoms with Crippen molar-refractivity contribution in [1.29, 1.82) is 0 Å². The zero-order valence-electron chi connectivity index (χ0n) is 10.2. The lowest BCUT2D eigenvalue weighted by Crippen LogP contribution is -2.01. The van der Waals surface area contributed by atoms with Crippen LogP contribution in [0.5, 0.6) is 0 Å². The zero-order valence-corrected chi connectivity index (χ0v) is 11.7. The van der Waals surface area contributed by atoms with E-state index in [0.29, 0.717) is 6.54 Å². The first-order valence-corrected chi connectivity index (χ1v) is 6.79. The molecule has 18 heavy (non-hydrogen) atoms. The van der Waals surface area contributed by atoms with E-state index in [-0.39, 0.29) is 6.61 Å². The normalized spacial score (nSPS) is 11.5. The second-order valence-corrected chi connectivity index (χ2v) is 5.47. The van der Waals surface area contributed by atoms with E-state index in [4.69, 9.17) is 0 Å². The van der Waals surface area contributed by atoms with Crippen molar-refractivity contribution < 1.29 is 5.11 Å². The Kier molecular flexibility index (Phi) is 2.88. The molecule has 0 aliphatic heterocycles. The van der Waals surface area contributed by atoms with Gasteiger partial charge in [0.05, 0.1) is 6.61 Å². The standard InChI is InChI=1S/C15H14BrNO/c1-10-2-4-14-12(8-10)13-9-11(16)3-5-15(13)17(14)6-7-18/h2-5,8-9,18H,6-7H2,1H3. The molecule has 3 rings (SSSR count). The van der Waals surface area contributed by atoms with Gasteiger partial charge in [-0.1, -0.05) is 27.6 Å². The molecule has 2 aromatic carbocycles. The first kappa shape index (κ1) is 11.8. The third kappa shape index (κ3) is 1.74. The Hall–Kier alpha value is -1.32. The molecule has 0 unspecified atom stereocenters. The number of aryl methyl sites for hydroxylation is 1. The molecule has 0 aliphatic rings. The molecule has 3 aromatic rings. The van der Waals surface area contributed by atoms with Crippen LogP contribution in [0.4, 0.5) is 0 Å². The number of nitrogens with zero attached hydrogens (tertiary/aromatic N) is 1. The van der Waals surface area contributed by atoms with E-state index in [1.807, 2.05) is 6.07 Å². The van der Waals surface area contributed by atoms with Gasteiger partial charge in [-0.15, -0.1) is 0 Å². The molecule has 0 aliphatic carbocycles. The number of halogens is 1. The third-order valence-corrected chi connectivity index (χ3v) is 3.80. The van der Waals surface area contributed by atoms with E-state index in [1.54, 1.807) is 0 Å². The fourth-order valence-corrected chi connectivity index (χ4v) is 2.89. The van der Waals surface area contributed by atoms with Gasteiger partial charge in [0, 0.05) is 32.8 Å². The molecule has 0 saturated carbocycles. The molecule has 0 radical (unpaired) electrons. The highest BCUT2D eigenvalue weighted by Crippen LogP contribution is 2.31. The second kappa shape index (κ2) is 4.41. The molecule has 1 heterocycles. The molecule has 0 bridgehead atoms. The highest BCUT2D eigenvalue weighted by molar-refractivity contribution is 9.10. The van der Waals surface area contributed by atoms with Gasteiger partial charge in [0.15, 0.2) is 0 Å². The van der Waals surface area contributed by atoms with Crippen LogP contribution in [0.1, 0.15) is 5.56 Å². The maximum atomic E-state index is 9.24. The molecular formula is C15H14BrNO. The van der Waals surface area contributed by atoms with Crippen LogP contribution in [0.3, 0.4) is 0 Å². The van der Waals surface area contributed by atoms with E-state index in [1.165, 1.54) is 27.4 Å². The largest absolute Gasteiger partial charge is 0.395 e. The lowest BCUT2D eigenvalue weighted by atomic mass is 10.1. The molecule has 0 saturated heterocycles. The minimum atomic E-state index is 0.156. The van der Waals surface area contributed by atoms with Gasteiger partial charge in [0.25, 0.3) is 0 Å². The monoisotopic (exact) mass is 303 g/mol. The van der Waals surface area contributed by atoms with Crippen molar-refractivity contribution in [3.8, 4) is 0 Å². The molecule has 0 amide bonds. The van der Waals surface area contributed by atoms with Crippen LogP contribution in [0.2, 0.25) is 0 Å². The lowest BCUT2D eigenvalue weighted by molar-refractivity contribution is 0.280. The van der Waals surface area contributed by atoms with Gasteiger partial charge in [-0.3, -0.25) is 0 Å². The first-order valence-electron chi connectivity index (χ1n) is 5.99. The zero-order chi connectivity index (χ0) is 12.7. The summed E-state index contributed by atoms with van der Waals surface area (Å²) in [5.74, 6) is 0. The van der Waals surface area contributed by atoms with Crippen molar-refractivity contribution >= 4 is 37.7 Å². The van der Waals surface area contributed by atoms with Crippen LogP contribution in [0.15, 0.2) is 40.9 Å². The van der Waals surface area contributed by atoms with Crippen LogP contribution in [0, 0.1) is 6.92 Å². The Labute approximate surface area is 114 Å². The van der Waals surface area contributed by atoms with Crippen molar-refractivity contribution in [3.63, 3.8) is 0 Å². The fraction of sp³-hybridized carbons (Fsp3) is 0.200. The molecule has 0 atom stereocenters. The van der Waals surface area contributed by atoms with Gasteiger partial charge in [-0.05, 0) is 37.3 Å². The van der Waals surface area contributed by atoms with Crippen molar-refractivity contribution in [2.45, 2.75) is 13.5 Å². The molecule has 2 nitrogen and oxygen atoms in total. The summed E-state index contributed by atoms with van der Waals surface area (Å²) in [4.78, 5) is 0. The Morgan fingerprint density at radius 3 is 2.44 bits per heavy atom. The van der Waals surface area contributed by atoms with Crippen molar-refractivity contribution in [2.75, 3.05) is 6.61 Å². The highest BCUT2D eigenvalue weighted by Gasteiger charge is 2.10. The maximum Gasteiger partial charge on any atom is 0.0610 e. The number of aliphatic hydroxyl groups excluding tert-OH is 1. The summed E-state index contributed by atoms with van der Waals surface area (Å²) in [5, 5.41) is 11.7. The average molecular weight is 304 g/mol. The molecule has 3 heteroatoms. The van der Waals surface area contributed by atoms with Gasteiger partial charge < -0.3 is 9.67 Å². The molecular weight excluding hydrogens is 290 g/mol. The number of hydrogen-bond acceptors (Lipinski definition) is 1. The van der Waals surface area contributed by atoms with Crippen LogP contribution >= 0.6 is 15.9 Å². The minimum absolute atomic E-state index is 0.156. The van der Waals surface area contributed by atoms with Crippen LogP contribution in [-0.2, 0) is 6.54 Å². The van der Waals surface area contributed by atoms with Gasteiger partial charge in [-0.25, -0.2) is 0 Å². The van der Waals surface area contributed by atoms with Crippen molar-refractivity contribution in [3.05, 3.63) is 46.4 Å². The maximum absolute atomic E-state index is 9.24.